The molecule has 108 valence electrons. The maximum atomic E-state index is 5.36. The molecule has 0 fully saturated rings. The van der Waals surface area contributed by atoms with Crippen LogP contribution in [0.15, 0.2) is 66.9 Å². The average Bonchev–Trinajstić information content (AvgIpc) is 3.27. The summed E-state index contributed by atoms with van der Waals surface area (Å²) in [5.74, 6) is 1.74. The van der Waals surface area contributed by atoms with Crippen LogP contribution >= 0.6 is 15.9 Å². The number of nitrogens with zero attached hydrogens (tertiary/aromatic N) is 3. The van der Waals surface area contributed by atoms with E-state index < -0.39 is 0 Å². The van der Waals surface area contributed by atoms with Crippen LogP contribution in [0.4, 0.5) is 0 Å². The molecular formula is C15H8BrN3O3. The summed E-state index contributed by atoms with van der Waals surface area (Å²) in [6, 6.07) is 11.2. The second-order valence-corrected chi connectivity index (χ2v) is 5.26. The van der Waals surface area contributed by atoms with E-state index in [0.717, 1.165) is 10.0 Å². The van der Waals surface area contributed by atoms with Crippen molar-refractivity contribution in [3.05, 3.63) is 53.5 Å². The molecule has 4 aromatic rings. The van der Waals surface area contributed by atoms with Gasteiger partial charge in [-0.2, -0.15) is 4.98 Å². The van der Waals surface area contributed by atoms with E-state index in [4.69, 9.17) is 13.4 Å². The molecule has 3 aromatic heterocycles. The molecular weight excluding hydrogens is 350 g/mol. The molecule has 0 saturated heterocycles. The highest BCUT2D eigenvalue weighted by Gasteiger charge is 2.21. The predicted molar refractivity (Wildman–Crippen MR) is 80.6 cm³/mol. The number of hydrogen-bond donors (Lipinski definition) is 0. The Kier molecular flexibility index (Phi) is 3.12. The van der Waals surface area contributed by atoms with Gasteiger partial charge >= 0.3 is 0 Å². The Hall–Kier alpha value is -2.67. The molecule has 0 N–H and O–H groups in total. The second-order valence-electron chi connectivity index (χ2n) is 4.41. The molecule has 6 nitrogen and oxygen atoms in total. The van der Waals surface area contributed by atoms with Gasteiger partial charge in [-0.3, -0.25) is 0 Å². The van der Waals surface area contributed by atoms with Crippen LogP contribution in [0.5, 0.6) is 0 Å². The van der Waals surface area contributed by atoms with Gasteiger partial charge in [0, 0.05) is 10.0 Å². The fourth-order valence-corrected chi connectivity index (χ4v) is 2.51. The fourth-order valence-electron chi connectivity index (χ4n) is 2.05. The quantitative estimate of drug-likeness (QED) is 0.540. The largest absolute Gasteiger partial charge is 0.461 e. The molecule has 0 radical (unpaired) electrons. The normalized spacial score (nSPS) is 11.0. The Morgan fingerprint density at radius 1 is 1.00 bits per heavy atom. The van der Waals surface area contributed by atoms with Crippen LogP contribution in [0.1, 0.15) is 0 Å². The van der Waals surface area contributed by atoms with Gasteiger partial charge in [-0.1, -0.05) is 33.2 Å². The van der Waals surface area contributed by atoms with Gasteiger partial charge in [-0.15, -0.1) is 0 Å². The lowest BCUT2D eigenvalue weighted by Gasteiger charge is -1.96. The lowest BCUT2D eigenvalue weighted by Crippen LogP contribution is -1.84. The SMILES string of the molecule is Brc1ccccc1-c1noc(-c2ncoc2-c2ccco2)n1. The van der Waals surface area contributed by atoms with Crippen molar-refractivity contribution in [1.29, 1.82) is 0 Å². The van der Waals surface area contributed by atoms with Crippen LogP contribution in [0.25, 0.3) is 34.5 Å². The second kappa shape index (κ2) is 5.27. The van der Waals surface area contributed by atoms with Crippen molar-refractivity contribution >= 4 is 15.9 Å². The number of hydrogen-bond acceptors (Lipinski definition) is 6. The zero-order valence-electron chi connectivity index (χ0n) is 11.1. The molecule has 0 bridgehead atoms. The predicted octanol–water partition coefficient (Wildman–Crippen LogP) is 4.41. The van der Waals surface area contributed by atoms with E-state index in [1.165, 1.54) is 6.39 Å². The van der Waals surface area contributed by atoms with Gasteiger partial charge < -0.3 is 13.4 Å². The van der Waals surface area contributed by atoms with Crippen LogP contribution in [0.3, 0.4) is 0 Å². The van der Waals surface area contributed by atoms with Gasteiger partial charge in [-0.05, 0) is 24.3 Å². The van der Waals surface area contributed by atoms with E-state index in [0.29, 0.717) is 23.0 Å². The highest BCUT2D eigenvalue weighted by atomic mass is 79.9. The van der Waals surface area contributed by atoms with E-state index in [1.54, 1.807) is 18.4 Å². The van der Waals surface area contributed by atoms with Crippen molar-refractivity contribution in [2.75, 3.05) is 0 Å². The Labute approximate surface area is 132 Å². The van der Waals surface area contributed by atoms with Gasteiger partial charge in [0.15, 0.2) is 17.8 Å². The zero-order chi connectivity index (χ0) is 14.9. The minimum atomic E-state index is 0.269. The van der Waals surface area contributed by atoms with Crippen molar-refractivity contribution in [3.8, 4) is 34.5 Å². The lowest BCUT2D eigenvalue weighted by atomic mass is 10.2. The summed E-state index contributed by atoms with van der Waals surface area (Å²) in [7, 11) is 0. The van der Waals surface area contributed by atoms with Gasteiger partial charge in [0.2, 0.25) is 11.6 Å². The van der Waals surface area contributed by atoms with Crippen LogP contribution in [-0.4, -0.2) is 15.1 Å². The highest BCUT2D eigenvalue weighted by molar-refractivity contribution is 9.10. The van der Waals surface area contributed by atoms with Crippen molar-refractivity contribution in [1.82, 2.24) is 15.1 Å². The Morgan fingerprint density at radius 2 is 1.91 bits per heavy atom. The summed E-state index contributed by atoms with van der Waals surface area (Å²) < 4.78 is 16.9. The molecule has 4 rings (SSSR count). The highest BCUT2D eigenvalue weighted by Crippen LogP contribution is 2.32. The van der Waals surface area contributed by atoms with Crippen LogP contribution in [0, 0.1) is 0 Å². The molecule has 0 spiro atoms. The molecule has 7 heteroatoms. The standard InChI is InChI=1S/C15H8BrN3O3/c16-10-5-2-1-4-9(10)14-18-15(22-19-14)12-13(21-8-17-12)11-6-3-7-20-11/h1-8H. The number of halogens is 1. The fraction of sp³-hybridized carbons (Fsp3) is 0. The van der Waals surface area contributed by atoms with Crippen LogP contribution < -0.4 is 0 Å². The first-order chi connectivity index (χ1) is 10.8. The Balaban J connectivity index is 1.77. The maximum Gasteiger partial charge on any atom is 0.281 e. The summed E-state index contributed by atoms with van der Waals surface area (Å²) in [6.45, 7) is 0. The summed E-state index contributed by atoms with van der Waals surface area (Å²) in [4.78, 5) is 8.52. The van der Waals surface area contributed by atoms with E-state index in [2.05, 4.69) is 31.1 Å². The smallest absolute Gasteiger partial charge is 0.281 e. The minimum Gasteiger partial charge on any atom is -0.461 e. The molecule has 0 amide bonds. The first-order valence-electron chi connectivity index (χ1n) is 6.39. The first-order valence-corrected chi connectivity index (χ1v) is 7.18. The first kappa shape index (κ1) is 13.0. The van der Waals surface area contributed by atoms with E-state index in [9.17, 15) is 0 Å². The summed E-state index contributed by atoms with van der Waals surface area (Å²) in [5.41, 5.74) is 1.28. The molecule has 22 heavy (non-hydrogen) atoms. The van der Waals surface area contributed by atoms with Crippen molar-refractivity contribution in [2.24, 2.45) is 0 Å². The molecule has 0 aliphatic carbocycles. The van der Waals surface area contributed by atoms with Crippen molar-refractivity contribution in [2.45, 2.75) is 0 Å². The van der Waals surface area contributed by atoms with Gasteiger partial charge in [0.25, 0.3) is 5.89 Å². The van der Waals surface area contributed by atoms with Crippen LogP contribution in [-0.2, 0) is 0 Å². The Morgan fingerprint density at radius 3 is 2.73 bits per heavy atom. The molecule has 0 saturated carbocycles. The average molecular weight is 358 g/mol. The lowest BCUT2D eigenvalue weighted by molar-refractivity contribution is 0.430. The van der Waals surface area contributed by atoms with Crippen molar-refractivity contribution in [3.63, 3.8) is 0 Å². The number of benzene rings is 1. The monoisotopic (exact) mass is 357 g/mol. The summed E-state index contributed by atoms with van der Waals surface area (Å²) in [5, 5.41) is 4.00. The molecule has 0 unspecified atom stereocenters. The third-order valence-corrected chi connectivity index (χ3v) is 3.75. The van der Waals surface area contributed by atoms with E-state index >= 15 is 0 Å². The number of oxazole rings is 1. The molecule has 1 aromatic carbocycles. The summed E-state index contributed by atoms with van der Waals surface area (Å²) >= 11 is 3.47. The topological polar surface area (TPSA) is 78.1 Å². The molecule has 3 heterocycles. The van der Waals surface area contributed by atoms with Crippen molar-refractivity contribution < 1.29 is 13.4 Å². The zero-order valence-corrected chi connectivity index (χ0v) is 12.6. The molecule has 0 aliphatic rings. The van der Waals surface area contributed by atoms with Crippen LogP contribution in [0.2, 0.25) is 0 Å². The number of rotatable bonds is 3. The maximum absolute atomic E-state index is 5.36. The minimum absolute atomic E-state index is 0.269. The Bertz CT molecular complexity index is 912. The van der Waals surface area contributed by atoms with E-state index in [-0.39, 0.29) is 5.89 Å². The van der Waals surface area contributed by atoms with E-state index in [1.807, 2.05) is 24.3 Å². The third kappa shape index (κ3) is 2.15. The third-order valence-electron chi connectivity index (χ3n) is 3.06. The van der Waals surface area contributed by atoms with Gasteiger partial charge in [-0.25, -0.2) is 4.98 Å². The van der Waals surface area contributed by atoms with Gasteiger partial charge in [0.05, 0.1) is 6.26 Å². The number of aromatic nitrogens is 3. The molecule has 0 atom stereocenters. The molecule has 0 aliphatic heterocycles. The summed E-state index contributed by atoms with van der Waals surface area (Å²) in [6.07, 6.45) is 2.87. The number of furan rings is 1. The van der Waals surface area contributed by atoms with Gasteiger partial charge in [0.1, 0.15) is 0 Å².